The van der Waals surface area contributed by atoms with Gasteiger partial charge in [-0.1, -0.05) is 13.3 Å². The van der Waals surface area contributed by atoms with Gasteiger partial charge in [0.05, 0.1) is 5.69 Å². The predicted molar refractivity (Wildman–Crippen MR) is 73.5 cm³/mol. The van der Waals surface area contributed by atoms with Gasteiger partial charge in [-0.3, -0.25) is 14.9 Å². The molecule has 0 radical (unpaired) electrons. The minimum absolute atomic E-state index is 0.211. The lowest BCUT2D eigenvalue weighted by molar-refractivity contribution is -0.134. The van der Waals surface area contributed by atoms with Gasteiger partial charge in [0.15, 0.2) is 0 Å². The van der Waals surface area contributed by atoms with Gasteiger partial charge in [0.1, 0.15) is 11.7 Å². The van der Waals surface area contributed by atoms with E-state index in [1.165, 1.54) is 6.07 Å². The van der Waals surface area contributed by atoms with Crippen LogP contribution >= 0.6 is 15.9 Å². The van der Waals surface area contributed by atoms with Crippen molar-refractivity contribution in [1.29, 1.82) is 0 Å². The topological polar surface area (TPSA) is 66.5 Å². The molecule has 0 spiro atoms. The molecule has 20 heavy (non-hydrogen) atoms. The van der Waals surface area contributed by atoms with E-state index in [0.717, 1.165) is 17.0 Å². The maximum absolute atomic E-state index is 13.1. The lowest BCUT2D eigenvalue weighted by Crippen LogP contribution is -2.58. The Balaban J connectivity index is 2.41. The first kappa shape index (κ1) is 14.6. The Kier molecular flexibility index (Phi) is 4.17. The zero-order chi connectivity index (χ0) is 14.9. The first-order valence-electron chi connectivity index (χ1n) is 6.09. The molecule has 0 saturated carbocycles. The van der Waals surface area contributed by atoms with E-state index in [2.05, 4.69) is 21.2 Å². The van der Waals surface area contributed by atoms with Gasteiger partial charge in [0.25, 0.3) is 0 Å². The molecule has 4 amide bonds. The normalized spacial score (nSPS) is 19.2. The number of benzene rings is 1. The van der Waals surface area contributed by atoms with Gasteiger partial charge >= 0.3 is 6.03 Å². The van der Waals surface area contributed by atoms with Crippen molar-refractivity contribution >= 4 is 39.5 Å². The number of nitrogens with zero attached hydrogens (tertiary/aromatic N) is 1. The summed E-state index contributed by atoms with van der Waals surface area (Å²) in [6.07, 6.45) is 0.990. The molecule has 7 heteroatoms. The Morgan fingerprint density at radius 1 is 1.35 bits per heavy atom. The molecule has 1 aromatic rings. The Hall–Kier alpha value is -1.76. The molecular weight excluding hydrogens is 331 g/mol. The lowest BCUT2D eigenvalue weighted by Gasteiger charge is -2.30. The van der Waals surface area contributed by atoms with E-state index in [1.807, 2.05) is 6.92 Å². The number of imide groups is 2. The van der Waals surface area contributed by atoms with E-state index in [1.54, 1.807) is 0 Å². The van der Waals surface area contributed by atoms with Crippen LogP contribution in [-0.4, -0.2) is 17.8 Å². The van der Waals surface area contributed by atoms with Gasteiger partial charge in [0, 0.05) is 4.47 Å². The second-order valence-electron chi connectivity index (χ2n) is 4.41. The standard InChI is InChI=1S/C13H12BrFN2O3/c1-2-3-8-11(18)16-13(20)17(12(8)19)10-5-4-7(15)6-9(10)14/h4-6,8H,2-3H2,1H3,(H,16,18,20). The number of hydrogen-bond donors (Lipinski definition) is 1. The molecule has 1 fully saturated rings. The van der Waals surface area contributed by atoms with Crippen LogP contribution in [0.1, 0.15) is 19.8 Å². The zero-order valence-electron chi connectivity index (χ0n) is 10.7. The van der Waals surface area contributed by atoms with E-state index < -0.39 is 29.6 Å². The quantitative estimate of drug-likeness (QED) is 0.858. The molecule has 1 aliphatic heterocycles. The monoisotopic (exact) mass is 342 g/mol. The number of nitrogens with one attached hydrogen (secondary N) is 1. The molecule has 1 saturated heterocycles. The number of amides is 4. The van der Waals surface area contributed by atoms with Gasteiger partial charge in [0.2, 0.25) is 11.8 Å². The highest BCUT2D eigenvalue weighted by atomic mass is 79.9. The molecule has 0 aromatic heterocycles. The van der Waals surface area contributed by atoms with Crippen molar-refractivity contribution in [3.8, 4) is 0 Å². The van der Waals surface area contributed by atoms with Crippen molar-refractivity contribution in [3.63, 3.8) is 0 Å². The van der Waals surface area contributed by atoms with Crippen LogP contribution in [0.5, 0.6) is 0 Å². The molecule has 106 valence electrons. The third-order valence-corrected chi connectivity index (χ3v) is 3.63. The zero-order valence-corrected chi connectivity index (χ0v) is 12.2. The van der Waals surface area contributed by atoms with Crippen molar-refractivity contribution in [1.82, 2.24) is 5.32 Å². The summed E-state index contributed by atoms with van der Waals surface area (Å²) in [7, 11) is 0. The van der Waals surface area contributed by atoms with Gasteiger partial charge in [-0.2, -0.15) is 0 Å². The average molecular weight is 343 g/mol. The van der Waals surface area contributed by atoms with Gasteiger partial charge in [-0.15, -0.1) is 0 Å². The highest BCUT2D eigenvalue weighted by Gasteiger charge is 2.41. The summed E-state index contributed by atoms with van der Waals surface area (Å²) in [4.78, 5) is 36.7. The first-order valence-corrected chi connectivity index (χ1v) is 6.88. The summed E-state index contributed by atoms with van der Waals surface area (Å²) in [5, 5.41) is 2.15. The third-order valence-electron chi connectivity index (χ3n) is 3.00. The SMILES string of the molecule is CCCC1C(=O)NC(=O)N(c2ccc(F)cc2Br)C1=O. The summed E-state index contributed by atoms with van der Waals surface area (Å²) in [5.41, 5.74) is 0.211. The smallest absolute Gasteiger partial charge is 0.277 e. The van der Waals surface area contributed by atoms with Crippen LogP contribution in [0.2, 0.25) is 0 Å². The molecule has 1 aromatic carbocycles. The number of carbonyl (C=O) groups is 3. The molecule has 5 nitrogen and oxygen atoms in total. The fraction of sp³-hybridized carbons (Fsp3) is 0.308. The lowest BCUT2D eigenvalue weighted by atomic mass is 9.99. The van der Waals surface area contributed by atoms with Crippen LogP contribution in [0.15, 0.2) is 22.7 Å². The Morgan fingerprint density at radius 2 is 2.05 bits per heavy atom. The van der Waals surface area contributed by atoms with Crippen molar-refractivity contribution in [2.45, 2.75) is 19.8 Å². The Morgan fingerprint density at radius 3 is 2.65 bits per heavy atom. The fourth-order valence-electron chi connectivity index (χ4n) is 2.05. The van der Waals surface area contributed by atoms with Crippen LogP contribution in [0.25, 0.3) is 0 Å². The van der Waals surface area contributed by atoms with Crippen LogP contribution in [0.3, 0.4) is 0 Å². The number of rotatable bonds is 3. The van der Waals surface area contributed by atoms with Gasteiger partial charge < -0.3 is 0 Å². The fourth-order valence-corrected chi connectivity index (χ4v) is 2.58. The number of anilines is 1. The minimum atomic E-state index is -0.894. The molecule has 0 aliphatic carbocycles. The van der Waals surface area contributed by atoms with E-state index in [0.29, 0.717) is 12.8 Å². The largest absolute Gasteiger partial charge is 0.335 e. The number of hydrogen-bond acceptors (Lipinski definition) is 3. The summed E-state index contributed by atoms with van der Waals surface area (Å²) in [6.45, 7) is 1.84. The average Bonchev–Trinajstić information content (AvgIpc) is 2.37. The summed E-state index contributed by atoms with van der Waals surface area (Å²) in [5.74, 6) is -2.56. The van der Waals surface area contributed by atoms with E-state index in [-0.39, 0.29) is 10.2 Å². The molecule has 1 N–H and O–H groups in total. The molecule has 2 rings (SSSR count). The van der Waals surface area contributed by atoms with Crippen LogP contribution in [0, 0.1) is 11.7 Å². The van der Waals surface area contributed by atoms with Crippen molar-refractivity contribution in [2.75, 3.05) is 4.90 Å². The maximum Gasteiger partial charge on any atom is 0.335 e. The number of halogens is 2. The summed E-state index contributed by atoms with van der Waals surface area (Å²) >= 11 is 3.11. The Bertz CT molecular complexity index is 591. The summed E-state index contributed by atoms with van der Waals surface area (Å²) < 4.78 is 13.3. The second kappa shape index (κ2) is 5.70. The summed E-state index contributed by atoms with van der Waals surface area (Å²) in [6, 6.07) is 2.79. The second-order valence-corrected chi connectivity index (χ2v) is 5.26. The van der Waals surface area contributed by atoms with Gasteiger partial charge in [-0.25, -0.2) is 14.1 Å². The van der Waals surface area contributed by atoms with Gasteiger partial charge in [-0.05, 0) is 40.5 Å². The van der Waals surface area contributed by atoms with Crippen LogP contribution in [-0.2, 0) is 9.59 Å². The molecular formula is C13H12BrFN2O3. The Labute approximate surface area is 123 Å². The van der Waals surface area contributed by atoms with E-state index in [4.69, 9.17) is 0 Å². The number of carbonyl (C=O) groups excluding carboxylic acids is 3. The first-order chi connectivity index (χ1) is 9.45. The highest BCUT2D eigenvalue weighted by molar-refractivity contribution is 9.10. The number of urea groups is 1. The molecule has 1 aliphatic rings. The maximum atomic E-state index is 13.1. The van der Waals surface area contributed by atoms with Crippen molar-refractivity contribution in [3.05, 3.63) is 28.5 Å². The number of barbiturate groups is 1. The van der Waals surface area contributed by atoms with Crippen LogP contribution in [0.4, 0.5) is 14.9 Å². The molecule has 0 bridgehead atoms. The van der Waals surface area contributed by atoms with E-state index in [9.17, 15) is 18.8 Å². The highest BCUT2D eigenvalue weighted by Crippen LogP contribution is 2.30. The van der Waals surface area contributed by atoms with Crippen LogP contribution < -0.4 is 10.2 Å². The minimum Gasteiger partial charge on any atom is -0.277 e. The third kappa shape index (κ3) is 2.58. The molecule has 1 unspecified atom stereocenters. The van der Waals surface area contributed by atoms with Crippen molar-refractivity contribution < 1.29 is 18.8 Å². The molecule has 1 atom stereocenters. The molecule has 1 heterocycles. The van der Waals surface area contributed by atoms with Crippen molar-refractivity contribution in [2.24, 2.45) is 5.92 Å². The van der Waals surface area contributed by atoms with E-state index >= 15 is 0 Å². The predicted octanol–water partition coefficient (Wildman–Crippen LogP) is 2.59.